The van der Waals surface area contributed by atoms with Crippen LogP contribution in [0, 0.1) is 0 Å². The van der Waals surface area contributed by atoms with E-state index in [1.807, 2.05) is 0 Å². The monoisotopic (exact) mass is 297 g/mol. The maximum atomic E-state index is 12.4. The van der Waals surface area contributed by atoms with E-state index in [2.05, 4.69) is 11.3 Å². The van der Waals surface area contributed by atoms with E-state index in [4.69, 9.17) is 0 Å². The molecule has 20 heavy (non-hydrogen) atoms. The summed E-state index contributed by atoms with van der Waals surface area (Å²) < 4.78 is 27.0. The van der Waals surface area contributed by atoms with Crippen LogP contribution in [0.15, 0.2) is 28.3 Å². The highest BCUT2D eigenvalue weighted by Crippen LogP contribution is 2.19. The Morgan fingerprint density at radius 2 is 2.25 bits per heavy atom. The number of unbranched alkanes of at least 4 members (excludes halogenated alkanes) is 1. The Hall–Kier alpha value is -1.63. The molecule has 0 N–H and O–H groups in total. The van der Waals surface area contributed by atoms with E-state index >= 15 is 0 Å². The molecule has 0 saturated heterocycles. The number of nitrogens with zero attached hydrogens (tertiary/aromatic N) is 3. The molecular weight excluding hydrogens is 278 g/mol. The second-order valence-electron chi connectivity index (χ2n) is 4.90. The van der Waals surface area contributed by atoms with Gasteiger partial charge in [-0.1, -0.05) is 13.3 Å². The average molecular weight is 297 g/mol. The molecule has 0 unspecified atom stereocenters. The topological polar surface area (TPSA) is 70.1 Å². The molecule has 2 heterocycles. The zero-order valence-electron chi connectivity index (χ0n) is 11.7. The molecule has 0 atom stereocenters. The Morgan fingerprint density at radius 1 is 1.50 bits per heavy atom. The first-order valence-corrected chi connectivity index (χ1v) is 8.29. The zero-order valence-corrected chi connectivity index (χ0v) is 12.6. The van der Waals surface area contributed by atoms with Crippen molar-refractivity contribution in [2.45, 2.75) is 19.8 Å². The Kier molecular flexibility index (Phi) is 4.27. The van der Waals surface area contributed by atoms with Gasteiger partial charge in [0.1, 0.15) is 0 Å². The Labute approximate surface area is 119 Å². The van der Waals surface area contributed by atoms with Crippen LogP contribution in [-0.2, 0) is 14.8 Å². The van der Waals surface area contributed by atoms with E-state index in [9.17, 15) is 13.2 Å². The van der Waals surface area contributed by atoms with Crippen LogP contribution in [0.2, 0.25) is 0 Å². The predicted molar refractivity (Wildman–Crippen MR) is 77.7 cm³/mol. The van der Waals surface area contributed by atoms with Crippen molar-refractivity contribution in [1.29, 1.82) is 0 Å². The minimum Gasteiger partial charge on any atom is -0.342 e. The lowest BCUT2D eigenvalue weighted by Crippen LogP contribution is -2.42. The number of allylic oxidation sites excluding steroid dienone is 2. The van der Waals surface area contributed by atoms with Gasteiger partial charge in [-0.15, -0.1) is 4.40 Å². The van der Waals surface area contributed by atoms with Crippen molar-refractivity contribution in [2.24, 2.45) is 4.40 Å². The van der Waals surface area contributed by atoms with Crippen molar-refractivity contribution in [2.75, 3.05) is 25.9 Å². The van der Waals surface area contributed by atoms with Gasteiger partial charge in [0, 0.05) is 26.3 Å². The summed E-state index contributed by atoms with van der Waals surface area (Å²) in [6.45, 7) is 3.04. The number of carbonyl (C=O) groups excluding carboxylic acids is 1. The minimum atomic E-state index is -3.46. The van der Waals surface area contributed by atoms with Crippen LogP contribution in [-0.4, -0.2) is 55.9 Å². The van der Waals surface area contributed by atoms with Gasteiger partial charge in [-0.2, -0.15) is 0 Å². The zero-order chi connectivity index (χ0) is 14.8. The summed E-state index contributed by atoms with van der Waals surface area (Å²) in [5.74, 6) is 0.0318. The number of amides is 1. The van der Waals surface area contributed by atoms with Crippen molar-refractivity contribution < 1.29 is 13.2 Å². The molecule has 110 valence electrons. The first kappa shape index (κ1) is 14.8. The molecular formula is C13H19N3O3S. The van der Waals surface area contributed by atoms with Crippen LogP contribution in [0.1, 0.15) is 19.8 Å². The summed E-state index contributed by atoms with van der Waals surface area (Å²) in [6, 6.07) is 0. The van der Waals surface area contributed by atoms with Crippen LogP contribution >= 0.6 is 0 Å². The number of likely N-dealkylation sites (N-methyl/N-ethyl adjacent to an activating group) is 1. The van der Waals surface area contributed by atoms with E-state index in [0.29, 0.717) is 18.7 Å². The fourth-order valence-corrected chi connectivity index (χ4v) is 3.07. The molecule has 0 aromatic heterocycles. The van der Waals surface area contributed by atoms with Crippen LogP contribution < -0.4 is 0 Å². The van der Waals surface area contributed by atoms with Gasteiger partial charge in [-0.25, -0.2) is 8.42 Å². The highest BCUT2D eigenvalue weighted by Gasteiger charge is 2.30. The van der Waals surface area contributed by atoms with Crippen molar-refractivity contribution in [3.05, 3.63) is 23.9 Å². The summed E-state index contributed by atoms with van der Waals surface area (Å²) in [7, 11) is -1.74. The molecule has 0 fully saturated rings. The maximum Gasteiger partial charge on any atom is 0.257 e. The van der Waals surface area contributed by atoms with Gasteiger partial charge in [0.2, 0.25) is 0 Å². The van der Waals surface area contributed by atoms with E-state index in [1.165, 1.54) is 0 Å². The van der Waals surface area contributed by atoms with Gasteiger partial charge in [0.05, 0.1) is 11.3 Å². The van der Waals surface area contributed by atoms with Crippen LogP contribution in [0.5, 0.6) is 0 Å². The molecule has 0 aromatic carbocycles. The van der Waals surface area contributed by atoms with Gasteiger partial charge in [0.25, 0.3) is 15.9 Å². The molecule has 0 saturated carbocycles. The normalized spacial score (nSPS) is 20.0. The number of rotatable bonds is 4. The first-order valence-electron chi connectivity index (χ1n) is 6.68. The van der Waals surface area contributed by atoms with E-state index in [-0.39, 0.29) is 17.5 Å². The molecule has 6 nitrogen and oxygen atoms in total. The lowest BCUT2D eigenvalue weighted by molar-refractivity contribution is -0.125. The molecule has 0 spiro atoms. The molecule has 0 aromatic rings. The fourth-order valence-electron chi connectivity index (χ4n) is 2.09. The Bertz CT molecular complexity index is 590. The third-order valence-electron chi connectivity index (χ3n) is 3.28. The standard InChI is InChI=1S/C13H19N3O3S/c1-3-4-7-15(2)13(17)11-6-5-8-16-9-10-20(18,19)14-12(11)16/h5-6,8H,3-4,7,9-10H2,1-2H3. The van der Waals surface area contributed by atoms with Crippen molar-refractivity contribution >= 4 is 21.8 Å². The highest BCUT2D eigenvalue weighted by molar-refractivity contribution is 7.90. The molecule has 2 aliphatic rings. The van der Waals surface area contributed by atoms with Gasteiger partial charge < -0.3 is 9.80 Å². The van der Waals surface area contributed by atoms with Crippen molar-refractivity contribution in [1.82, 2.24) is 9.80 Å². The van der Waals surface area contributed by atoms with Crippen molar-refractivity contribution in [3.63, 3.8) is 0 Å². The molecule has 7 heteroatoms. The molecule has 1 amide bonds. The molecule has 2 rings (SSSR count). The number of carbonyl (C=O) groups is 1. The van der Waals surface area contributed by atoms with E-state index in [0.717, 1.165) is 12.8 Å². The second-order valence-corrected chi connectivity index (χ2v) is 6.65. The van der Waals surface area contributed by atoms with Crippen LogP contribution in [0.4, 0.5) is 0 Å². The third-order valence-corrected chi connectivity index (χ3v) is 4.43. The lowest BCUT2D eigenvalue weighted by Gasteiger charge is -2.30. The lowest BCUT2D eigenvalue weighted by atomic mass is 10.1. The Balaban J connectivity index is 2.26. The molecule has 2 aliphatic heterocycles. The van der Waals surface area contributed by atoms with Gasteiger partial charge >= 0.3 is 0 Å². The highest BCUT2D eigenvalue weighted by atomic mass is 32.2. The quantitative estimate of drug-likeness (QED) is 0.767. The second kappa shape index (κ2) is 5.78. The summed E-state index contributed by atoms with van der Waals surface area (Å²) >= 11 is 0. The van der Waals surface area contributed by atoms with Crippen molar-refractivity contribution in [3.8, 4) is 0 Å². The van der Waals surface area contributed by atoms with E-state index in [1.54, 1.807) is 35.2 Å². The SMILES string of the molecule is CCCCN(C)C(=O)C1=CC=CN2CCS(=O)(=O)N=C12. The molecule has 0 aliphatic carbocycles. The average Bonchev–Trinajstić information content (AvgIpc) is 2.42. The Morgan fingerprint density at radius 3 is 2.95 bits per heavy atom. The number of hydrogen-bond donors (Lipinski definition) is 0. The minimum absolute atomic E-state index is 0.0199. The summed E-state index contributed by atoms with van der Waals surface area (Å²) in [4.78, 5) is 15.7. The number of amidine groups is 1. The molecule has 0 radical (unpaired) electrons. The van der Waals surface area contributed by atoms with Crippen LogP contribution in [0.3, 0.4) is 0 Å². The fraction of sp³-hybridized carbons (Fsp3) is 0.538. The number of hydrogen-bond acceptors (Lipinski definition) is 4. The van der Waals surface area contributed by atoms with Gasteiger partial charge in [0.15, 0.2) is 5.84 Å². The predicted octanol–water partition coefficient (Wildman–Crippen LogP) is 0.743. The van der Waals surface area contributed by atoms with Crippen LogP contribution in [0.25, 0.3) is 0 Å². The summed E-state index contributed by atoms with van der Waals surface area (Å²) in [5, 5.41) is 0. The molecule has 0 bridgehead atoms. The van der Waals surface area contributed by atoms with E-state index < -0.39 is 10.0 Å². The van der Waals surface area contributed by atoms with Gasteiger partial charge in [-0.05, 0) is 18.6 Å². The number of sulfonamides is 1. The largest absolute Gasteiger partial charge is 0.342 e. The smallest absolute Gasteiger partial charge is 0.257 e. The first-order chi connectivity index (χ1) is 9.44. The third kappa shape index (κ3) is 3.09. The number of fused-ring (bicyclic) bond motifs is 1. The van der Waals surface area contributed by atoms with Gasteiger partial charge in [-0.3, -0.25) is 4.79 Å². The maximum absolute atomic E-state index is 12.4. The summed E-state index contributed by atoms with van der Waals surface area (Å²) in [6.07, 6.45) is 7.03. The summed E-state index contributed by atoms with van der Waals surface area (Å²) in [5.41, 5.74) is 0.342.